The van der Waals surface area contributed by atoms with Gasteiger partial charge in [0, 0.05) is 5.02 Å². The van der Waals surface area contributed by atoms with Gasteiger partial charge in [-0.3, -0.25) is 4.79 Å². The Labute approximate surface area is 102 Å². The molecule has 1 heterocycles. The highest BCUT2D eigenvalue weighted by atomic mass is 35.5. The summed E-state index contributed by atoms with van der Waals surface area (Å²) in [5, 5.41) is 3.24. The van der Waals surface area contributed by atoms with Crippen LogP contribution in [0.4, 0.5) is 0 Å². The normalized spacial score (nSPS) is 18.3. The first-order valence-corrected chi connectivity index (χ1v) is 5.76. The molecule has 0 spiro atoms. The Kier molecular flexibility index (Phi) is 3.09. The average Bonchev–Trinajstić information content (AvgIpc) is 2.49. The molecule has 0 saturated carbocycles. The van der Waals surface area contributed by atoms with E-state index >= 15 is 0 Å². The number of carbonyl (C=O) groups is 1. The predicted molar refractivity (Wildman–Crippen MR) is 67.8 cm³/mol. The van der Waals surface area contributed by atoms with Crippen LogP contribution < -0.4 is 5.32 Å². The zero-order valence-corrected chi connectivity index (χ0v) is 9.88. The van der Waals surface area contributed by atoms with Gasteiger partial charge in [0.05, 0.1) is 4.91 Å². The second-order valence-electron chi connectivity index (χ2n) is 2.90. The second kappa shape index (κ2) is 4.35. The third-order valence-corrected chi connectivity index (χ3v) is 3.22. The van der Waals surface area contributed by atoms with Crippen LogP contribution in [0.2, 0.25) is 5.02 Å². The van der Waals surface area contributed by atoms with Crippen LogP contribution in [0.15, 0.2) is 29.2 Å². The summed E-state index contributed by atoms with van der Waals surface area (Å²) in [7, 11) is 0. The van der Waals surface area contributed by atoms with E-state index in [9.17, 15) is 4.79 Å². The van der Waals surface area contributed by atoms with Gasteiger partial charge in [0.15, 0.2) is 0 Å². The molecule has 5 heteroatoms. The number of nitrogens with one attached hydrogen (secondary N) is 1. The van der Waals surface area contributed by atoms with Gasteiger partial charge < -0.3 is 5.32 Å². The molecule has 1 aliphatic rings. The second-order valence-corrected chi connectivity index (χ2v) is 5.06. The van der Waals surface area contributed by atoms with Crippen molar-refractivity contribution in [2.75, 3.05) is 0 Å². The molecule has 0 aromatic heterocycles. The molecule has 2 nitrogen and oxygen atoms in total. The Hall–Kier alpha value is -0.840. The lowest BCUT2D eigenvalue weighted by molar-refractivity contribution is -0.115. The number of carbonyl (C=O) groups excluding carboxylic acids is 1. The Bertz CT molecular complexity index is 453. The molecule has 2 rings (SSSR count). The van der Waals surface area contributed by atoms with Gasteiger partial charge >= 0.3 is 0 Å². The molecule has 0 unspecified atom stereocenters. The summed E-state index contributed by atoms with van der Waals surface area (Å²) in [6.45, 7) is 0. The van der Waals surface area contributed by atoms with Crippen LogP contribution in [0.3, 0.4) is 0 Å². The van der Waals surface area contributed by atoms with Crippen molar-refractivity contribution in [3.8, 4) is 0 Å². The molecule has 1 aliphatic heterocycles. The molecule has 76 valence electrons. The quantitative estimate of drug-likeness (QED) is 0.618. The molecule has 1 aromatic carbocycles. The van der Waals surface area contributed by atoms with E-state index in [1.54, 1.807) is 18.2 Å². The fraction of sp³-hybridized carbons (Fsp3) is 0. The molecular weight excluding hydrogens is 250 g/mol. The van der Waals surface area contributed by atoms with E-state index in [4.69, 9.17) is 23.8 Å². The molecule has 1 N–H and O–H groups in total. The van der Waals surface area contributed by atoms with E-state index in [0.29, 0.717) is 14.2 Å². The Morgan fingerprint density at radius 3 is 2.53 bits per heavy atom. The molecule has 0 bridgehead atoms. The molecule has 15 heavy (non-hydrogen) atoms. The van der Waals surface area contributed by atoms with E-state index in [-0.39, 0.29) is 5.91 Å². The van der Waals surface area contributed by atoms with E-state index in [2.05, 4.69) is 5.32 Å². The summed E-state index contributed by atoms with van der Waals surface area (Å²) in [5.74, 6) is -0.139. The number of halogens is 1. The molecule has 0 aliphatic carbocycles. The molecule has 1 fully saturated rings. The Morgan fingerprint density at radius 2 is 2.00 bits per heavy atom. The van der Waals surface area contributed by atoms with Crippen molar-refractivity contribution < 1.29 is 4.79 Å². The van der Waals surface area contributed by atoms with Gasteiger partial charge in [-0.05, 0) is 23.8 Å². The van der Waals surface area contributed by atoms with Crippen LogP contribution >= 0.6 is 35.6 Å². The van der Waals surface area contributed by atoms with Gasteiger partial charge in [-0.25, -0.2) is 0 Å². The maximum atomic E-state index is 11.3. The molecule has 1 saturated heterocycles. The number of benzene rings is 1. The number of thiocarbonyl (C=S) groups is 1. The fourth-order valence-electron chi connectivity index (χ4n) is 1.13. The number of hydrogen-bond donors (Lipinski definition) is 1. The maximum absolute atomic E-state index is 11.3. The fourth-order valence-corrected chi connectivity index (χ4v) is 2.30. The molecule has 1 amide bonds. The van der Waals surface area contributed by atoms with Crippen LogP contribution in [0.1, 0.15) is 5.56 Å². The minimum absolute atomic E-state index is 0.139. The minimum Gasteiger partial charge on any atom is -0.307 e. The summed E-state index contributed by atoms with van der Waals surface area (Å²) >= 11 is 11.9. The van der Waals surface area contributed by atoms with E-state index in [1.165, 1.54) is 11.8 Å². The SMILES string of the molecule is O=C1NC(=S)S/C1=C\c1ccc(Cl)cc1. The monoisotopic (exact) mass is 255 g/mol. The minimum atomic E-state index is -0.139. The lowest BCUT2D eigenvalue weighted by Gasteiger charge is -1.94. The predicted octanol–water partition coefficient (Wildman–Crippen LogP) is 2.83. The number of hydrogen-bond acceptors (Lipinski definition) is 3. The summed E-state index contributed by atoms with van der Waals surface area (Å²) in [6, 6.07) is 7.27. The largest absolute Gasteiger partial charge is 0.307 e. The standard InChI is InChI=1S/C10H6ClNOS2/c11-7-3-1-6(2-4-7)5-8-9(13)12-10(14)15-8/h1-5H,(H,12,13,14)/b8-5-. The van der Waals surface area contributed by atoms with Crippen LogP contribution in [-0.4, -0.2) is 10.2 Å². The maximum Gasteiger partial charge on any atom is 0.263 e. The average molecular weight is 256 g/mol. The van der Waals surface area contributed by atoms with Crippen LogP contribution in [-0.2, 0) is 4.79 Å². The highest BCUT2D eigenvalue weighted by molar-refractivity contribution is 8.26. The summed E-state index contributed by atoms with van der Waals surface area (Å²) in [6.07, 6.45) is 1.79. The van der Waals surface area contributed by atoms with Crippen molar-refractivity contribution in [2.24, 2.45) is 0 Å². The lowest BCUT2D eigenvalue weighted by Crippen LogP contribution is -2.17. The first-order chi connectivity index (χ1) is 7.15. The summed E-state index contributed by atoms with van der Waals surface area (Å²) in [5.41, 5.74) is 0.932. The van der Waals surface area contributed by atoms with Gasteiger partial charge in [0.1, 0.15) is 4.32 Å². The molecule has 0 radical (unpaired) electrons. The third-order valence-electron chi connectivity index (χ3n) is 1.81. The van der Waals surface area contributed by atoms with Gasteiger partial charge in [0.2, 0.25) is 0 Å². The summed E-state index contributed by atoms with van der Waals surface area (Å²) in [4.78, 5) is 12.0. The summed E-state index contributed by atoms with van der Waals surface area (Å²) < 4.78 is 0.500. The van der Waals surface area contributed by atoms with Crippen LogP contribution in [0.25, 0.3) is 6.08 Å². The smallest absolute Gasteiger partial charge is 0.263 e. The van der Waals surface area contributed by atoms with Crippen molar-refractivity contribution in [3.63, 3.8) is 0 Å². The number of thioether (sulfide) groups is 1. The van der Waals surface area contributed by atoms with Gasteiger partial charge in [0.25, 0.3) is 5.91 Å². The van der Waals surface area contributed by atoms with Gasteiger partial charge in [-0.15, -0.1) is 0 Å². The third kappa shape index (κ3) is 2.59. The molecule has 1 aromatic rings. The van der Waals surface area contributed by atoms with E-state index < -0.39 is 0 Å². The van der Waals surface area contributed by atoms with Crippen LogP contribution in [0, 0.1) is 0 Å². The first kappa shape index (κ1) is 10.7. The lowest BCUT2D eigenvalue weighted by atomic mass is 10.2. The van der Waals surface area contributed by atoms with Gasteiger partial charge in [-0.1, -0.05) is 47.7 Å². The van der Waals surface area contributed by atoms with Gasteiger partial charge in [-0.2, -0.15) is 0 Å². The zero-order chi connectivity index (χ0) is 10.8. The Morgan fingerprint density at radius 1 is 1.33 bits per heavy atom. The van der Waals surface area contributed by atoms with Crippen molar-refractivity contribution in [3.05, 3.63) is 39.8 Å². The molecule has 0 atom stereocenters. The number of amides is 1. The van der Waals surface area contributed by atoms with Crippen LogP contribution in [0.5, 0.6) is 0 Å². The Balaban J connectivity index is 2.27. The van der Waals surface area contributed by atoms with Crippen molar-refractivity contribution in [1.29, 1.82) is 0 Å². The highest BCUT2D eigenvalue weighted by Crippen LogP contribution is 2.26. The van der Waals surface area contributed by atoms with Crippen molar-refractivity contribution in [2.45, 2.75) is 0 Å². The highest BCUT2D eigenvalue weighted by Gasteiger charge is 2.21. The molecular formula is C10H6ClNOS2. The van der Waals surface area contributed by atoms with Crippen molar-refractivity contribution in [1.82, 2.24) is 5.32 Å². The topological polar surface area (TPSA) is 29.1 Å². The van der Waals surface area contributed by atoms with E-state index in [0.717, 1.165) is 5.56 Å². The van der Waals surface area contributed by atoms with E-state index in [1.807, 2.05) is 12.1 Å². The number of rotatable bonds is 1. The first-order valence-electron chi connectivity index (χ1n) is 4.15. The zero-order valence-electron chi connectivity index (χ0n) is 7.49. The van der Waals surface area contributed by atoms with Crippen molar-refractivity contribution >= 4 is 51.9 Å².